The summed E-state index contributed by atoms with van der Waals surface area (Å²) >= 11 is 0. The predicted molar refractivity (Wildman–Crippen MR) is 138 cm³/mol. The van der Waals surface area contributed by atoms with Gasteiger partial charge in [-0.15, -0.1) is 0 Å². The van der Waals surface area contributed by atoms with E-state index in [2.05, 4.69) is 0 Å². The van der Waals surface area contributed by atoms with Crippen molar-refractivity contribution in [2.45, 2.75) is 96.5 Å². The Bertz CT molecular complexity index is 825. The lowest BCUT2D eigenvalue weighted by atomic mass is 9.88. The highest BCUT2D eigenvalue weighted by Gasteiger charge is 2.24. The summed E-state index contributed by atoms with van der Waals surface area (Å²) in [5, 5.41) is 20.3. The van der Waals surface area contributed by atoms with Crippen molar-refractivity contribution in [3.63, 3.8) is 0 Å². The predicted octanol–water partition coefficient (Wildman–Crippen LogP) is 5.67. The Kier molecular flexibility index (Phi) is 13.1. The van der Waals surface area contributed by atoms with Crippen LogP contribution in [0.1, 0.15) is 95.1 Å². The van der Waals surface area contributed by atoms with Crippen LogP contribution >= 0.6 is 0 Å². The summed E-state index contributed by atoms with van der Waals surface area (Å²) in [5.41, 5.74) is 1.71. The number of phenols is 1. The zero-order valence-corrected chi connectivity index (χ0v) is 21.8. The topological polar surface area (TPSA) is 93.1 Å². The molecule has 196 valence electrons. The summed E-state index contributed by atoms with van der Waals surface area (Å²) in [6.45, 7) is 4.28. The van der Waals surface area contributed by atoms with Crippen LogP contribution in [-0.4, -0.2) is 48.2 Å². The van der Waals surface area contributed by atoms with Crippen molar-refractivity contribution < 1.29 is 29.3 Å². The molecule has 6 heteroatoms. The number of benzene rings is 1. The summed E-state index contributed by atoms with van der Waals surface area (Å²) in [6.07, 6.45) is 12.0. The van der Waals surface area contributed by atoms with Crippen molar-refractivity contribution in [1.29, 1.82) is 0 Å². The van der Waals surface area contributed by atoms with Crippen LogP contribution in [-0.2, 0) is 20.7 Å². The molecule has 35 heavy (non-hydrogen) atoms. The first-order valence-electron chi connectivity index (χ1n) is 13.2. The summed E-state index contributed by atoms with van der Waals surface area (Å²) < 4.78 is 11.5. The molecule has 0 unspecified atom stereocenters. The average Bonchev–Trinajstić information content (AvgIpc) is 3.35. The molecule has 2 atom stereocenters. The summed E-state index contributed by atoms with van der Waals surface area (Å²) in [4.78, 5) is 24.2. The van der Waals surface area contributed by atoms with E-state index >= 15 is 0 Å². The van der Waals surface area contributed by atoms with Gasteiger partial charge in [-0.2, -0.15) is 0 Å². The van der Waals surface area contributed by atoms with Crippen molar-refractivity contribution in [2.75, 3.05) is 20.3 Å². The molecule has 0 bridgehead atoms. The van der Waals surface area contributed by atoms with Crippen LogP contribution in [0.4, 0.5) is 0 Å². The number of ketones is 2. The van der Waals surface area contributed by atoms with Crippen molar-refractivity contribution in [3.8, 4) is 11.5 Å². The molecule has 0 radical (unpaired) electrons. The van der Waals surface area contributed by atoms with Gasteiger partial charge in [0.1, 0.15) is 5.78 Å². The second-order valence-corrected chi connectivity index (χ2v) is 9.78. The molecule has 0 aromatic heterocycles. The first-order valence-corrected chi connectivity index (χ1v) is 13.2. The van der Waals surface area contributed by atoms with Crippen LogP contribution < -0.4 is 4.74 Å². The number of methoxy groups -OCH3 is 1. The lowest BCUT2D eigenvalue weighted by molar-refractivity contribution is -0.117. The third-order valence-electron chi connectivity index (χ3n) is 6.95. The summed E-state index contributed by atoms with van der Waals surface area (Å²) in [6, 6.07) is 3.84. The Hall–Kier alpha value is -2.18. The van der Waals surface area contributed by atoms with Crippen molar-refractivity contribution in [1.82, 2.24) is 0 Å². The number of hydrogen-bond donors (Lipinski definition) is 2. The Morgan fingerprint density at radius 2 is 1.89 bits per heavy atom. The van der Waals surface area contributed by atoms with E-state index in [0.29, 0.717) is 50.9 Å². The molecule has 0 saturated heterocycles. The van der Waals surface area contributed by atoms with E-state index < -0.39 is 0 Å². The van der Waals surface area contributed by atoms with Gasteiger partial charge in [-0.05, 0) is 94.3 Å². The lowest BCUT2D eigenvalue weighted by Crippen LogP contribution is -2.13. The van der Waals surface area contributed by atoms with Gasteiger partial charge >= 0.3 is 0 Å². The van der Waals surface area contributed by atoms with Gasteiger partial charge in [0.15, 0.2) is 17.3 Å². The highest BCUT2D eigenvalue weighted by atomic mass is 16.5. The van der Waals surface area contributed by atoms with Crippen molar-refractivity contribution in [2.24, 2.45) is 5.92 Å². The zero-order chi connectivity index (χ0) is 25.6. The lowest BCUT2D eigenvalue weighted by Gasteiger charge is -2.22. The molecule has 1 fully saturated rings. The van der Waals surface area contributed by atoms with E-state index in [9.17, 15) is 14.7 Å². The monoisotopic (exact) mass is 488 g/mol. The number of aliphatic hydroxyl groups is 1. The Labute approximate surface area is 210 Å². The minimum absolute atomic E-state index is 0.0379. The van der Waals surface area contributed by atoms with Gasteiger partial charge in [0.25, 0.3) is 0 Å². The van der Waals surface area contributed by atoms with Gasteiger partial charge in [-0.1, -0.05) is 19.1 Å². The molecule has 6 nitrogen and oxygen atoms in total. The number of rotatable bonds is 17. The van der Waals surface area contributed by atoms with E-state index in [4.69, 9.17) is 14.6 Å². The number of Topliss-reactive ketones (excluding diaryl/α,β-unsaturated/α-hetero) is 1. The van der Waals surface area contributed by atoms with Gasteiger partial charge in [0.2, 0.25) is 0 Å². The number of ether oxygens (including phenoxy) is 2. The Balaban J connectivity index is 2.25. The maximum atomic E-state index is 12.5. The number of carbonyl (C=O) groups is 2. The molecule has 1 aromatic carbocycles. The minimum atomic E-state index is -0.0379. The van der Waals surface area contributed by atoms with E-state index in [1.54, 1.807) is 20.1 Å². The van der Waals surface area contributed by atoms with Crippen molar-refractivity contribution >= 4 is 11.6 Å². The number of allylic oxidation sites excluding steroid dienone is 2. The van der Waals surface area contributed by atoms with E-state index in [1.165, 1.54) is 0 Å². The largest absolute Gasteiger partial charge is 0.504 e. The van der Waals surface area contributed by atoms with Gasteiger partial charge in [0.05, 0.1) is 6.10 Å². The molecule has 1 aliphatic rings. The fourth-order valence-electron chi connectivity index (χ4n) is 4.71. The van der Waals surface area contributed by atoms with Crippen LogP contribution in [0.2, 0.25) is 0 Å². The third kappa shape index (κ3) is 10.1. The van der Waals surface area contributed by atoms with Gasteiger partial charge < -0.3 is 24.5 Å². The van der Waals surface area contributed by atoms with E-state index in [0.717, 1.165) is 43.2 Å². The van der Waals surface area contributed by atoms with Crippen molar-refractivity contribution in [3.05, 3.63) is 35.4 Å². The van der Waals surface area contributed by atoms with E-state index in [1.807, 2.05) is 25.1 Å². The molecule has 2 N–H and O–H groups in total. The molecule has 1 saturated carbocycles. The smallest absolute Gasteiger partial charge is 0.161 e. The molecular weight excluding hydrogens is 444 g/mol. The first kappa shape index (κ1) is 29.1. The second-order valence-electron chi connectivity index (χ2n) is 9.78. The molecule has 1 aliphatic carbocycles. The molecule has 0 aliphatic heterocycles. The molecule has 1 aromatic rings. The number of aryl methyl sites for hydroxylation is 1. The molecule has 0 spiro atoms. The van der Waals surface area contributed by atoms with E-state index in [-0.39, 0.29) is 41.9 Å². The number of aromatic hydroxyl groups is 1. The fraction of sp³-hybridized carbons (Fsp3) is 0.655. The Morgan fingerprint density at radius 1 is 1.14 bits per heavy atom. The normalized spacial score (nSPS) is 16.0. The zero-order valence-electron chi connectivity index (χ0n) is 21.8. The maximum absolute atomic E-state index is 12.5. The van der Waals surface area contributed by atoms with Gasteiger partial charge in [-0.25, -0.2) is 0 Å². The van der Waals surface area contributed by atoms with Crippen LogP contribution in [0.15, 0.2) is 24.3 Å². The number of phenolic OH excluding ortho intramolecular Hbond substituents is 1. The molecule has 2 rings (SSSR count). The highest BCUT2D eigenvalue weighted by molar-refractivity contribution is 5.89. The Morgan fingerprint density at radius 3 is 2.51 bits per heavy atom. The summed E-state index contributed by atoms with van der Waals surface area (Å²) in [7, 11) is 1.65. The van der Waals surface area contributed by atoms with Crippen LogP contribution in [0.25, 0.3) is 0 Å². The summed E-state index contributed by atoms with van der Waals surface area (Å²) in [5.74, 6) is 0.955. The first-order chi connectivity index (χ1) is 16.9. The standard InChI is InChI=1S/C29H44O6/c1-4-22(15-17-30)10-13-25(32)14-11-23-19-27(24(16-18-34-3)12-9-21(2)31)29(33)28(20-23)35-26-7-5-6-8-26/h10,13,19-20,22,24,26,30,33H,4-9,11-12,14-18H2,1-3H3/b13-10+/t22-,24+/m1/s1. The molecular formula is C29H44O6. The number of carbonyl (C=O) groups excluding carboxylic acids is 2. The average molecular weight is 489 g/mol. The van der Waals surface area contributed by atoms with Crippen LogP contribution in [0, 0.1) is 5.92 Å². The second kappa shape index (κ2) is 15.7. The third-order valence-corrected chi connectivity index (χ3v) is 6.95. The van der Waals surface area contributed by atoms with Gasteiger partial charge in [0, 0.05) is 38.7 Å². The number of hydrogen-bond acceptors (Lipinski definition) is 6. The van der Waals surface area contributed by atoms with Crippen LogP contribution in [0.3, 0.4) is 0 Å². The minimum Gasteiger partial charge on any atom is -0.504 e. The fourth-order valence-corrected chi connectivity index (χ4v) is 4.71. The van der Waals surface area contributed by atoms with Gasteiger partial charge in [-0.3, -0.25) is 4.79 Å². The SMILES string of the molecule is CC[C@H](/C=C/C(=O)CCc1cc(OC2CCCC2)c(O)c([C@H](CCOC)CCC(C)=O)c1)CCO. The van der Waals surface area contributed by atoms with Crippen LogP contribution in [0.5, 0.6) is 11.5 Å². The quantitative estimate of drug-likeness (QED) is 0.275. The molecule has 0 amide bonds. The maximum Gasteiger partial charge on any atom is 0.161 e. The number of aliphatic hydroxyl groups excluding tert-OH is 1. The highest BCUT2D eigenvalue weighted by Crippen LogP contribution is 2.41. The molecule has 0 heterocycles.